The van der Waals surface area contributed by atoms with Gasteiger partial charge in [-0.3, -0.25) is 13.7 Å². The second-order valence-electron chi connectivity index (χ2n) is 0.881. The van der Waals surface area contributed by atoms with Crippen LogP contribution < -0.4 is 5.14 Å². The largest absolute Gasteiger partial charge is 0.277 e. The Labute approximate surface area is 34.2 Å². The fraction of sp³-hybridized carbons (Fsp3) is 0. The molecule has 0 spiro atoms. The van der Waals surface area contributed by atoms with Crippen LogP contribution >= 0.6 is 0 Å². The van der Waals surface area contributed by atoms with Gasteiger partial charge in [-0.25, -0.2) is 5.14 Å². The van der Waals surface area contributed by atoms with E-state index in [4.69, 9.17) is 13.7 Å². The summed E-state index contributed by atoms with van der Waals surface area (Å²) in [7, 11) is -5.60. The average Bonchev–Trinajstić information content (AvgIpc) is 0.650. The molecular formula is H5NO4S. The van der Waals surface area contributed by atoms with Gasteiger partial charge in [-0.1, -0.05) is 0 Å². The zero-order valence-corrected chi connectivity index (χ0v) is 3.55. The molecule has 6 heavy (non-hydrogen) atoms. The van der Waals surface area contributed by atoms with Crippen LogP contribution in [0, 0.1) is 0 Å². The minimum Gasteiger partial charge on any atom is -0.277 e. The molecule has 0 aromatic heterocycles. The van der Waals surface area contributed by atoms with Gasteiger partial charge >= 0.3 is 0 Å². The maximum Gasteiger partial charge on any atom is 0.245 e. The maximum atomic E-state index is 9.23. The molecule has 0 bridgehead atoms. The zero-order valence-electron chi connectivity index (χ0n) is 2.74. The molecule has 0 heterocycles. The van der Waals surface area contributed by atoms with Crippen molar-refractivity contribution < 1.29 is 17.9 Å². The Morgan fingerprint density at radius 3 is 1.33 bits per heavy atom. The van der Waals surface area contributed by atoms with Crippen LogP contribution in [0.1, 0.15) is 0 Å². The van der Waals surface area contributed by atoms with Crippen molar-refractivity contribution in [2.75, 3.05) is 0 Å². The van der Waals surface area contributed by atoms with Crippen molar-refractivity contribution in [2.24, 2.45) is 5.14 Å². The molecule has 0 aromatic carbocycles. The summed E-state index contributed by atoms with van der Waals surface area (Å²) < 4.78 is 31.5. The summed E-state index contributed by atoms with van der Waals surface area (Å²) >= 11 is 0. The molecule has 0 radical (unpaired) electrons. The highest BCUT2D eigenvalue weighted by Crippen LogP contribution is 1.92. The third-order valence-electron chi connectivity index (χ3n) is 0. The first-order valence-electron chi connectivity index (χ1n) is 0.950. The molecular weight excluding hydrogens is 110 g/mol. The molecule has 0 fully saturated rings. The van der Waals surface area contributed by atoms with Crippen molar-refractivity contribution in [3.63, 3.8) is 0 Å². The topological polar surface area (TPSA) is 104 Å². The first-order chi connectivity index (χ1) is 2.24. The SMILES string of the molecule is NS(=O)(O)(O)O. The van der Waals surface area contributed by atoms with Crippen LogP contribution in [0.4, 0.5) is 0 Å². The Kier molecular flexibility index (Phi) is 0.795. The van der Waals surface area contributed by atoms with Crippen molar-refractivity contribution in [3.05, 3.63) is 0 Å². The molecule has 0 aliphatic carbocycles. The van der Waals surface area contributed by atoms with Crippen LogP contribution in [0.25, 0.3) is 0 Å². The molecule has 0 aromatic rings. The normalized spacial score (nSPS) is 19.0. The second-order valence-corrected chi connectivity index (χ2v) is 2.64. The van der Waals surface area contributed by atoms with Crippen LogP contribution in [-0.4, -0.2) is 17.9 Å². The van der Waals surface area contributed by atoms with Crippen LogP contribution in [0.2, 0.25) is 0 Å². The van der Waals surface area contributed by atoms with Crippen LogP contribution in [0.5, 0.6) is 0 Å². The first kappa shape index (κ1) is 5.99. The van der Waals surface area contributed by atoms with Gasteiger partial charge < -0.3 is 0 Å². The van der Waals surface area contributed by atoms with Crippen molar-refractivity contribution in [1.29, 1.82) is 0 Å². The van der Waals surface area contributed by atoms with E-state index in [2.05, 4.69) is 5.14 Å². The lowest BCUT2D eigenvalue weighted by Gasteiger charge is -2.14. The Hall–Kier alpha value is -0.0100. The van der Waals surface area contributed by atoms with Gasteiger partial charge in [-0.2, -0.15) is 4.21 Å². The summed E-state index contributed by atoms with van der Waals surface area (Å²) in [5.41, 5.74) is 0. The lowest BCUT2D eigenvalue weighted by molar-refractivity contribution is 0.288. The highest BCUT2D eigenvalue weighted by atomic mass is 32.3. The van der Waals surface area contributed by atoms with Gasteiger partial charge in [0.2, 0.25) is 10.1 Å². The molecule has 0 rings (SSSR count). The summed E-state index contributed by atoms with van der Waals surface area (Å²) in [5, 5.41) is 3.82. The number of nitrogens with two attached hydrogens (primary N) is 1. The summed E-state index contributed by atoms with van der Waals surface area (Å²) in [6.07, 6.45) is 0. The van der Waals surface area contributed by atoms with E-state index in [-0.39, 0.29) is 0 Å². The maximum absolute atomic E-state index is 9.23. The van der Waals surface area contributed by atoms with Gasteiger partial charge in [0.05, 0.1) is 0 Å². The third-order valence-corrected chi connectivity index (χ3v) is 0. The van der Waals surface area contributed by atoms with Gasteiger partial charge in [0.1, 0.15) is 0 Å². The van der Waals surface area contributed by atoms with E-state index in [1.54, 1.807) is 0 Å². The molecule has 0 aliphatic rings. The zero-order chi connectivity index (χ0) is 5.45. The van der Waals surface area contributed by atoms with E-state index in [9.17, 15) is 4.21 Å². The minimum atomic E-state index is -5.60. The van der Waals surface area contributed by atoms with Crippen molar-refractivity contribution in [3.8, 4) is 0 Å². The van der Waals surface area contributed by atoms with E-state index in [0.29, 0.717) is 0 Å². The smallest absolute Gasteiger partial charge is 0.245 e. The quantitative estimate of drug-likeness (QED) is 0.328. The van der Waals surface area contributed by atoms with Gasteiger partial charge in [-0.05, 0) is 0 Å². The van der Waals surface area contributed by atoms with E-state index < -0.39 is 10.1 Å². The first-order valence-corrected chi connectivity index (χ1v) is 2.85. The number of rotatable bonds is 0. The van der Waals surface area contributed by atoms with E-state index in [0.717, 1.165) is 0 Å². The minimum absolute atomic E-state index is 3.82. The Morgan fingerprint density at radius 2 is 1.33 bits per heavy atom. The molecule has 6 heteroatoms. The predicted octanol–water partition coefficient (Wildman–Crippen LogP) is -0.901. The summed E-state index contributed by atoms with van der Waals surface area (Å²) in [5.74, 6) is 0. The molecule has 5 nitrogen and oxygen atoms in total. The highest BCUT2D eigenvalue weighted by Gasteiger charge is 2.13. The monoisotopic (exact) mass is 115 g/mol. The Morgan fingerprint density at radius 1 is 1.33 bits per heavy atom. The fourth-order valence-corrected chi connectivity index (χ4v) is 0. The van der Waals surface area contributed by atoms with Crippen LogP contribution in [-0.2, 0) is 10.1 Å². The van der Waals surface area contributed by atoms with Crippen molar-refractivity contribution in [2.45, 2.75) is 0 Å². The highest BCUT2D eigenvalue weighted by molar-refractivity contribution is 8.02. The summed E-state index contributed by atoms with van der Waals surface area (Å²) in [4.78, 5) is 0. The van der Waals surface area contributed by atoms with Crippen molar-refractivity contribution in [1.82, 2.24) is 0 Å². The second kappa shape index (κ2) is 0.796. The molecule has 5 N–H and O–H groups in total. The fourth-order valence-electron chi connectivity index (χ4n) is 0. The molecule has 0 amide bonds. The van der Waals surface area contributed by atoms with Crippen molar-refractivity contribution >= 4 is 10.1 Å². The van der Waals surface area contributed by atoms with Gasteiger partial charge in [-0.15, -0.1) is 0 Å². The van der Waals surface area contributed by atoms with Crippen LogP contribution in [0.15, 0.2) is 0 Å². The molecule has 0 saturated carbocycles. The van der Waals surface area contributed by atoms with Gasteiger partial charge in [0.25, 0.3) is 0 Å². The Balaban J connectivity index is 4.16. The molecule has 0 saturated heterocycles. The number of hydrogen-bond donors (Lipinski definition) is 4. The third kappa shape index (κ3) is 357000. The summed E-state index contributed by atoms with van der Waals surface area (Å²) in [6, 6.07) is 0. The van der Waals surface area contributed by atoms with Crippen LogP contribution in [0.3, 0.4) is 0 Å². The van der Waals surface area contributed by atoms with E-state index in [1.165, 1.54) is 0 Å². The van der Waals surface area contributed by atoms with Gasteiger partial charge in [0, 0.05) is 0 Å². The molecule has 0 atom stereocenters. The summed E-state index contributed by atoms with van der Waals surface area (Å²) in [6.45, 7) is 0. The van der Waals surface area contributed by atoms with E-state index in [1.807, 2.05) is 0 Å². The number of hydrogen-bond acceptors (Lipinski definition) is 1. The van der Waals surface area contributed by atoms with E-state index >= 15 is 0 Å². The lowest BCUT2D eigenvalue weighted by Crippen LogP contribution is -2.39. The Bertz CT molecular complexity index is 85.2. The lowest BCUT2D eigenvalue weighted by atomic mass is 13.9. The predicted molar refractivity (Wildman–Crippen MR) is 20.2 cm³/mol. The molecule has 40 valence electrons. The molecule has 0 aliphatic heterocycles. The standard InChI is InChI=1S/H5NO4S/c1-6(2,3,4)5/h(H5,1,2,3,4,5). The average molecular weight is 115 g/mol. The molecule has 0 unspecified atom stereocenters. The van der Waals surface area contributed by atoms with Gasteiger partial charge in [0.15, 0.2) is 0 Å².